The Bertz CT molecular complexity index is 644. The van der Waals surface area contributed by atoms with E-state index in [1.807, 2.05) is 26.0 Å². The van der Waals surface area contributed by atoms with Gasteiger partial charge in [-0.05, 0) is 31.0 Å². The highest BCUT2D eigenvalue weighted by Crippen LogP contribution is 2.35. The van der Waals surface area contributed by atoms with Crippen molar-refractivity contribution in [3.8, 4) is 17.0 Å². The zero-order chi connectivity index (χ0) is 14.2. The van der Waals surface area contributed by atoms with E-state index in [1.54, 1.807) is 18.8 Å². The zero-order valence-corrected chi connectivity index (χ0v) is 11.4. The number of aromatic carboxylic acids is 1. The van der Waals surface area contributed by atoms with E-state index >= 15 is 0 Å². The highest BCUT2D eigenvalue weighted by atomic mass is 16.5. The lowest BCUT2D eigenvalue weighted by Gasteiger charge is -2.14. The summed E-state index contributed by atoms with van der Waals surface area (Å²) in [5.41, 5.74) is 3.53. The Morgan fingerprint density at radius 3 is 2.63 bits per heavy atom. The Morgan fingerprint density at radius 2 is 2.05 bits per heavy atom. The standard InChI is InChI=1S/C14H16N2O3/c1-8-5-9(2)12(11(6-8)19-4)13-10(14(17)18)7-15-16(13)3/h5-7H,1-4H3,(H,17,18). The van der Waals surface area contributed by atoms with E-state index in [1.165, 1.54) is 6.20 Å². The number of carboxylic acids is 1. The molecule has 2 rings (SSSR count). The number of aromatic nitrogens is 2. The second-order valence-corrected chi connectivity index (χ2v) is 4.49. The van der Waals surface area contributed by atoms with Crippen molar-refractivity contribution < 1.29 is 14.6 Å². The molecular weight excluding hydrogens is 244 g/mol. The van der Waals surface area contributed by atoms with E-state index in [4.69, 9.17) is 4.74 Å². The van der Waals surface area contributed by atoms with Crippen LogP contribution in [-0.4, -0.2) is 28.0 Å². The van der Waals surface area contributed by atoms with Crippen LogP contribution in [0.5, 0.6) is 5.75 Å². The fourth-order valence-corrected chi connectivity index (χ4v) is 2.28. The molecule has 0 bridgehead atoms. The molecule has 5 nitrogen and oxygen atoms in total. The Morgan fingerprint density at radius 1 is 1.37 bits per heavy atom. The first kappa shape index (κ1) is 13.1. The van der Waals surface area contributed by atoms with Gasteiger partial charge in [0, 0.05) is 12.6 Å². The lowest BCUT2D eigenvalue weighted by atomic mass is 9.99. The van der Waals surface area contributed by atoms with Gasteiger partial charge in [0.25, 0.3) is 0 Å². The molecule has 0 aliphatic heterocycles. The topological polar surface area (TPSA) is 64.3 Å². The maximum absolute atomic E-state index is 11.3. The minimum Gasteiger partial charge on any atom is -0.496 e. The molecule has 100 valence electrons. The molecule has 0 radical (unpaired) electrons. The Balaban J connectivity index is 2.79. The van der Waals surface area contributed by atoms with Crippen LogP contribution < -0.4 is 4.74 Å². The number of ether oxygens (including phenoxy) is 1. The lowest BCUT2D eigenvalue weighted by Crippen LogP contribution is -2.03. The van der Waals surface area contributed by atoms with Gasteiger partial charge < -0.3 is 9.84 Å². The van der Waals surface area contributed by atoms with Crippen LogP contribution in [0.2, 0.25) is 0 Å². The summed E-state index contributed by atoms with van der Waals surface area (Å²) in [5, 5.41) is 13.3. The van der Waals surface area contributed by atoms with Crippen LogP contribution in [0.1, 0.15) is 21.5 Å². The summed E-state index contributed by atoms with van der Waals surface area (Å²) in [4.78, 5) is 11.3. The van der Waals surface area contributed by atoms with Gasteiger partial charge in [-0.3, -0.25) is 4.68 Å². The minimum atomic E-state index is -0.995. The number of nitrogens with zero attached hydrogens (tertiary/aromatic N) is 2. The number of aryl methyl sites for hydroxylation is 3. The Kier molecular flexibility index (Phi) is 3.29. The second kappa shape index (κ2) is 4.76. The maximum atomic E-state index is 11.3. The van der Waals surface area contributed by atoms with Gasteiger partial charge in [-0.25, -0.2) is 4.79 Å². The Labute approximate surface area is 111 Å². The Hall–Kier alpha value is -2.30. The summed E-state index contributed by atoms with van der Waals surface area (Å²) in [6.07, 6.45) is 1.36. The summed E-state index contributed by atoms with van der Waals surface area (Å²) >= 11 is 0. The second-order valence-electron chi connectivity index (χ2n) is 4.49. The predicted octanol–water partition coefficient (Wildman–Crippen LogP) is 2.41. The SMILES string of the molecule is COc1cc(C)cc(C)c1-c1c(C(=O)O)cnn1C. The van der Waals surface area contributed by atoms with Crippen molar-refractivity contribution in [1.82, 2.24) is 9.78 Å². The molecule has 19 heavy (non-hydrogen) atoms. The largest absolute Gasteiger partial charge is 0.496 e. The average Bonchev–Trinajstić information content (AvgIpc) is 2.70. The van der Waals surface area contributed by atoms with Crippen molar-refractivity contribution in [2.45, 2.75) is 13.8 Å². The fraction of sp³-hybridized carbons (Fsp3) is 0.286. The molecule has 0 fully saturated rings. The van der Waals surface area contributed by atoms with Gasteiger partial charge >= 0.3 is 5.97 Å². The van der Waals surface area contributed by atoms with E-state index in [0.717, 1.165) is 16.7 Å². The number of hydrogen-bond donors (Lipinski definition) is 1. The van der Waals surface area contributed by atoms with E-state index in [0.29, 0.717) is 11.4 Å². The number of hydrogen-bond acceptors (Lipinski definition) is 3. The first-order chi connectivity index (χ1) is 8.95. The smallest absolute Gasteiger partial charge is 0.339 e. The first-order valence-corrected chi connectivity index (χ1v) is 5.86. The maximum Gasteiger partial charge on any atom is 0.339 e. The summed E-state index contributed by atoms with van der Waals surface area (Å²) in [7, 11) is 3.30. The van der Waals surface area contributed by atoms with Gasteiger partial charge in [-0.1, -0.05) is 6.07 Å². The number of carboxylic acid groups (broad SMARTS) is 1. The van der Waals surface area contributed by atoms with Crippen LogP contribution in [0, 0.1) is 13.8 Å². The molecule has 5 heteroatoms. The normalized spacial score (nSPS) is 10.5. The highest BCUT2D eigenvalue weighted by Gasteiger charge is 2.21. The third-order valence-electron chi connectivity index (χ3n) is 3.07. The van der Waals surface area contributed by atoms with Crippen LogP contribution in [0.3, 0.4) is 0 Å². The third kappa shape index (κ3) is 2.19. The van der Waals surface area contributed by atoms with Crippen molar-refractivity contribution in [2.24, 2.45) is 7.05 Å². The van der Waals surface area contributed by atoms with E-state index in [2.05, 4.69) is 5.10 Å². The molecule has 2 aromatic rings. The molecule has 1 N–H and O–H groups in total. The monoisotopic (exact) mass is 260 g/mol. The molecule has 1 aromatic heterocycles. The van der Waals surface area contributed by atoms with Crippen molar-refractivity contribution >= 4 is 5.97 Å². The van der Waals surface area contributed by atoms with E-state index in [-0.39, 0.29) is 5.56 Å². The summed E-state index contributed by atoms with van der Waals surface area (Å²) < 4.78 is 6.95. The summed E-state index contributed by atoms with van der Waals surface area (Å²) in [5.74, 6) is -0.339. The van der Waals surface area contributed by atoms with Gasteiger partial charge in [-0.2, -0.15) is 5.10 Å². The third-order valence-corrected chi connectivity index (χ3v) is 3.07. The van der Waals surface area contributed by atoms with Gasteiger partial charge in [0.1, 0.15) is 11.3 Å². The van der Waals surface area contributed by atoms with Gasteiger partial charge in [0.05, 0.1) is 19.0 Å². The van der Waals surface area contributed by atoms with Crippen molar-refractivity contribution in [3.05, 3.63) is 35.0 Å². The molecule has 0 aliphatic carbocycles. The minimum absolute atomic E-state index is 0.174. The molecule has 0 unspecified atom stereocenters. The van der Waals surface area contributed by atoms with Crippen molar-refractivity contribution in [2.75, 3.05) is 7.11 Å². The lowest BCUT2D eigenvalue weighted by molar-refractivity contribution is 0.0697. The molecule has 0 aliphatic rings. The fourth-order valence-electron chi connectivity index (χ4n) is 2.28. The molecule has 0 spiro atoms. The highest BCUT2D eigenvalue weighted by molar-refractivity contribution is 5.96. The average molecular weight is 260 g/mol. The zero-order valence-electron chi connectivity index (χ0n) is 11.4. The van der Waals surface area contributed by atoms with Gasteiger partial charge in [-0.15, -0.1) is 0 Å². The van der Waals surface area contributed by atoms with Crippen LogP contribution >= 0.6 is 0 Å². The predicted molar refractivity (Wildman–Crippen MR) is 71.6 cm³/mol. The van der Waals surface area contributed by atoms with E-state index in [9.17, 15) is 9.90 Å². The van der Waals surface area contributed by atoms with Crippen LogP contribution in [0.15, 0.2) is 18.3 Å². The number of methoxy groups -OCH3 is 1. The van der Waals surface area contributed by atoms with Crippen LogP contribution in [-0.2, 0) is 7.05 Å². The molecule has 0 saturated carbocycles. The van der Waals surface area contributed by atoms with Gasteiger partial charge in [0.15, 0.2) is 0 Å². The number of carbonyl (C=O) groups is 1. The molecule has 0 atom stereocenters. The van der Waals surface area contributed by atoms with E-state index < -0.39 is 5.97 Å². The molecule has 0 saturated heterocycles. The van der Waals surface area contributed by atoms with Crippen LogP contribution in [0.4, 0.5) is 0 Å². The molecule has 1 aromatic carbocycles. The number of benzene rings is 1. The summed E-state index contributed by atoms with van der Waals surface area (Å²) in [6, 6.07) is 3.89. The van der Waals surface area contributed by atoms with Crippen molar-refractivity contribution in [3.63, 3.8) is 0 Å². The molecule has 0 amide bonds. The van der Waals surface area contributed by atoms with Crippen molar-refractivity contribution in [1.29, 1.82) is 0 Å². The first-order valence-electron chi connectivity index (χ1n) is 5.86. The van der Waals surface area contributed by atoms with Gasteiger partial charge in [0.2, 0.25) is 0 Å². The quantitative estimate of drug-likeness (QED) is 0.920. The molecular formula is C14H16N2O3. The summed E-state index contributed by atoms with van der Waals surface area (Å²) in [6.45, 7) is 3.91. The number of rotatable bonds is 3. The molecule has 1 heterocycles. The van der Waals surface area contributed by atoms with Crippen LogP contribution in [0.25, 0.3) is 11.3 Å².